The molecule has 0 saturated heterocycles. The molecule has 3 rings (SSSR count). The molecule has 1 aliphatic heterocycles. The van der Waals surface area contributed by atoms with Crippen LogP contribution in [0.1, 0.15) is 27.0 Å². The number of carbonyl (C=O) groups excluding carboxylic acids is 1. The summed E-state index contributed by atoms with van der Waals surface area (Å²) < 4.78 is 5.29. The number of rotatable bonds is 5. The smallest absolute Gasteiger partial charge is 0.341 e. The number of hydrogen-bond donors (Lipinski definition) is 1. The van der Waals surface area contributed by atoms with E-state index in [9.17, 15) is 19.7 Å². The minimum Gasteiger partial charge on any atom is -0.481 e. The number of benzene rings is 2. The van der Waals surface area contributed by atoms with Crippen LogP contribution < -0.4 is 9.64 Å². The molecule has 1 amide bonds. The van der Waals surface area contributed by atoms with E-state index in [0.717, 1.165) is 0 Å². The van der Waals surface area contributed by atoms with Crippen LogP contribution >= 0.6 is 0 Å². The van der Waals surface area contributed by atoms with Gasteiger partial charge in [-0.25, -0.2) is 4.79 Å². The Hall–Kier alpha value is -3.42. The van der Waals surface area contributed by atoms with Crippen LogP contribution in [0.15, 0.2) is 30.3 Å². The number of carbonyl (C=O) groups is 2. The van der Waals surface area contributed by atoms with Crippen molar-refractivity contribution < 1.29 is 24.4 Å². The maximum atomic E-state index is 13.0. The molecule has 0 spiro atoms. The lowest BCUT2D eigenvalue weighted by Crippen LogP contribution is -2.29. The van der Waals surface area contributed by atoms with Crippen molar-refractivity contribution in [3.05, 3.63) is 62.7 Å². The molecule has 1 aliphatic rings. The van der Waals surface area contributed by atoms with E-state index in [1.807, 2.05) is 0 Å². The van der Waals surface area contributed by atoms with Gasteiger partial charge in [-0.15, -0.1) is 0 Å². The number of ether oxygens (including phenoxy) is 1. The quantitative estimate of drug-likeness (QED) is 0.640. The summed E-state index contributed by atoms with van der Waals surface area (Å²) in [5.41, 5.74) is 2.86. The molecule has 27 heavy (non-hydrogen) atoms. The minimum atomic E-state index is -1.08. The summed E-state index contributed by atoms with van der Waals surface area (Å²) in [5, 5.41) is 20.0. The molecule has 0 unspecified atom stereocenters. The molecular weight excluding hydrogens is 352 g/mol. The van der Waals surface area contributed by atoms with Crippen LogP contribution in [0.3, 0.4) is 0 Å². The lowest BCUT2D eigenvalue weighted by atomic mass is 10.0. The summed E-state index contributed by atoms with van der Waals surface area (Å²) in [7, 11) is 0. The van der Waals surface area contributed by atoms with Crippen molar-refractivity contribution in [2.45, 2.75) is 20.3 Å². The van der Waals surface area contributed by atoms with Gasteiger partial charge in [-0.05, 0) is 49.6 Å². The molecule has 2 aromatic rings. The first-order chi connectivity index (χ1) is 12.8. The second kappa shape index (κ2) is 7.06. The average molecular weight is 370 g/mol. The summed E-state index contributed by atoms with van der Waals surface area (Å²) in [6.07, 6.45) is 0.427. The van der Waals surface area contributed by atoms with Crippen molar-refractivity contribution in [1.29, 1.82) is 0 Å². The zero-order valence-electron chi connectivity index (χ0n) is 14.9. The number of nitro groups is 1. The first kappa shape index (κ1) is 18.4. The second-order valence-electron chi connectivity index (χ2n) is 6.36. The SMILES string of the molecule is Cc1cc(C(=O)N2CCc3c2cccc3[N+](=O)[O-])cc(C)c1OCC(=O)O. The normalized spacial score (nSPS) is 12.6. The average Bonchev–Trinajstić information content (AvgIpc) is 3.03. The van der Waals surface area contributed by atoms with E-state index < -0.39 is 17.5 Å². The molecule has 8 heteroatoms. The van der Waals surface area contributed by atoms with Crippen molar-refractivity contribution in [3.8, 4) is 5.75 Å². The summed E-state index contributed by atoms with van der Waals surface area (Å²) in [5.74, 6) is -0.902. The monoisotopic (exact) mass is 370 g/mol. The van der Waals surface area contributed by atoms with E-state index in [2.05, 4.69) is 0 Å². The van der Waals surface area contributed by atoms with Gasteiger partial charge in [0.2, 0.25) is 0 Å². The van der Waals surface area contributed by atoms with E-state index >= 15 is 0 Å². The highest BCUT2D eigenvalue weighted by Crippen LogP contribution is 2.36. The van der Waals surface area contributed by atoms with Gasteiger partial charge in [0.15, 0.2) is 6.61 Å². The molecule has 0 atom stereocenters. The molecular formula is C19H18N2O6. The summed E-state index contributed by atoms with van der Waals surface area (Å²) in [4.78, 5) is 36.0. The fourth-order valence-electron chi connectivity index (χ4n) is 3.39. The fourth-order valence-corrected chi connectivity index (χ4v) is 3.39. The Morgan fingerprint density at radius 2 is 1.93 bits per heavy atom. The van der Waals surface area contributed by atoms with Crippen LogP contribution in [0, 0.1) is 24.0 Å². The Balaban J connectivity index is 1.92. The third kappa shape index (κ3) is 3.46. The van der Waals surface area contributed by atoms with Gasteiger partial charge >= 0.3 is 5.97 Å². The van der Waals surface area contributed by atoms with Crippen LogP contribution in [0.5, 0.6) is 5.75 Å². The van der Waals surface area contributed by atoms with E-state index in [-0.39, 0.29) is 11.6 Å². The topological polar surface area (TPSA) is 110 Å². The third-order valence-electron chi connectivity index (χ3n) is 4.49. The molecule has 1 heterocycles. The van der Waals surface area contributed by atoms with Crippen molar-refractivity contribution >= 4 is 23.3 Å². The molecule has 0 aromatic heterocycles. The standard InChI is InChI=1S/C19H18N2O6/c1-11-8-13(9-12(2)18(11)27-10-17(22)23)19(24)20-7-6-14-15(20)4-3-5-16(14)21(25)26/h3-5,8-9H,6-7,10H2,1-2H3,(H,22,23). The maximum absolute atomic E-state index is 13.0. The maximum Gasteiger partial charge on any atom is 0.341 e. The van der Waals surface area contributed by atoms with Gasteiger partial charge in [-0.2, -0.15) is 0 Å². The largest absolute Gasteiger partial charge is 0.481 e. The van der Waals surface area contributed by atoms with Crippen LogP contribution in [0.25, 0.3) is 0 Å². The number of nitro benzene ring substituents is 1. The number of aliphatic carboxylic acids is 1. The van der Waals surface area contributed by atoms with E-state index in [0.29, 0.717) is 46.7 Å². The highest BCUT2D eigenvalue weighted by molar-refractivity contribution is 6.08. The van der Waals surface area contributed by atoms with Crippen molar-refractivity contribution in [2.75, 3.05) is 18.1 Å². The molecule has 2 aromatic carbocycles. The number of carboxylic acid groups (broad SMARTS) is 1. The van der Waals surface area contributed by atoms with Crippen molar-refractivity contribution in [1.82, 2.24) is 0 Å². The number of fused-ring (bicyclic) bond motifs is 1. The number of carboxylic acids is 1. The molecule has 0 radical (unpaired) electrons. The lowest BCUT2D eigenvalue weighted by Gasteiger charge is -2.19. The van der Waals surface area contributed by atoms with Crippen molar-refractivity contribution in [3.63, 3.8) is 0 Å². The summed E-state index contributed by atoms with van der Waals surface area (Å²) in [6.45, 7) is 3.39. The first-order valence-corrected chi connectivity index (χ1v) is 8.33. The van der Waals surface area contributed by atoms with Gasteiger partial charge < -0.3 is 14.7 Å². The molecule has 8 nitrogen and oxygen atoms in total. The van der Waals surface area contributed by atoms with Gasteiger partial charge in [0.25, 0.3) is 11.6 Å². The molecule has 1 N–H and O–H groups in total. The Labute approximate surface area is 155 Å². The predicted octanol–water partition coefficient (Wildman–Crippen LogP) is 2.88. The number of anilines is 1. The summed E-state index contributed by atoms with van der Waals surface area (Å²) >= 11 is 0. The fraction of sp³-hybridized carbons (Fsp3) is 0.263. The Morgan fingerprint density at radius 3 is 2.52 bits per heavy atom. The van der Waals surface area contributed by atoms with Gasteiger partial charge in [-0.3, -0.25) is 14.9 Å². The predicted molar refractivity (Wildman–Crippen MR) is 97.5 cm³/mol. The van der Waals surface area contributed by atoms with Crippen LogP contribution in [-0.4, -0.2) is 35.1 Å². The van der Waals surface area contributed by atoms with Gasteiger partial charge in [0.05, 0.1) is 16.2 Å². The molecule has 0 saturated carbocycles. The molecule has 0 aliphatic carbocycles. The highest BCUT2D eigenvalue weighted by atomic mass is 16.6. The number of nitrogens with zero attached hydrogens (tertiary/aromatic N) is 2. The Kier molecular flexibility index (Phi) is 4.81. The zero-order valence-corrected chi connectivity index (χ0v) is 14.9. The van der Waals surface area contributed by atoms with E-state index in [1.165, 1.54) is 11.0 Å². The van der Waals surface area contributed by atoms with Gasteiger partial charge in [0, 0.05) is 18.2 Å². The third-order valence-corrected chi connectivity index (χ3v) is 4.49. The Bertz CT molecular complexity index is 930. The van der Waals surface area contributed by atoms with E-state index in [4.69, 9.17) is 9.84 Å². The van der Waals surface area contributed by atoms with Gasteiger partial charge in [0.1, 0.15) is 5.75 Å². The minimum absolute atomic E-state index is 0.0209. The number of aryl methyl sites for hydroxylation is 2. The molecule has 0 fully saturated rings. The van der Waals surface area contributed by atoms with Crippen LogP contribution in [0.4, 0.5) is 11.4 Å². The molecule has 0 bridgehead atoms. The molecule has 140 valence electrons. The number of hydrogen-bond acceptors (Lipinski definition) is 5. The number of amides is 1. The lowest BCUT2D eigenvalue weighted by molar-refractivity contribution is -0.385. The first-order valence-electron chi connectivity index (χ1n) is 8.33. The van der Waals surface area contributed by atoms with Crippen LogP contribution in [-0.2, 0) is 11.2 Å². The van der Waals surface area contributed by atoms with E-state index in [1.54, 1.807) is 38.1 Å². The zero-order chi connectivity index (χ0) is 19.7. The van der Waals surface area contributed by atoms with Crippen LogP contribution in [0.2, 0.25) is 0 Å². The summed E-state index contributed by atoms with van der Waals surface area (Å²) in [6, 6.07) is 8.00. The Morgan fingerprint density at radius 1 is 1.26 bits per heavy atom. The highest BCUT2D eigenvalue weighted by Gasteiger charge is 2.31. The second-order valence-corrected chi connectivity index (χ2v) is 6.36. The van der Waals surface area contributed by atoms with Crippen molar-refractivity contribution in [2.24, 2.45) is 0 Å². The van der Waals surface area contributed by atoms with Gasteiger partial charge in [-0.1, -0.05) is 6.07 Å².